The molecule has 35 heavy (non-hydrogen) atoms. The monoisotopic (exact) mass is 559 g/mol. The molecular formula is C24H28Cl3N3O4S. The maximum atomic E-state index is 13.6. The molecule has 1 atom stereocenters. The van der Waals surface area contributed by atoms with Gasteiger partial charge < -0.3 is 10.2 Å². The van der Waals surface area contributed by atoms with Crippen molar-refractivity contribution in [2.24, 2.45) is 0 Å². The standard InChI is InChI=1S/C24H28Cl3N3O4S/c1-16(24(32)28-18-6-3-4-7-18)29(14-20-21(26)8-5-9-22(20)27)23(31)15-30(35(2,33)34)19-12-10-17(25)11-13-19/h5,8-13,16,18H,3-4,6-7,14-15H2,1-2H3,(H,28,32). The molecule has 2 aromatic rings. The van der Waals surface area contributed by atoms with Crippen LogP contribution in [0.1, 0.15) is 38.2 Å². The first kappa shape index (κ1) is 27.6. The molecule has 0 bridgehead atoms. The molecule has 0 aliphatic heterocycles. The number of nitrogens with one attached hydrogen (secondary N) is 1. The molecule has 3 rings (SSSR count). The number of benzene rings is 2. The van der Waals surface area contributed by atoms with E-state index in [1.807, 2.05) is 0 Å². The minimum Gasteiger partial charge on any atom is -0.352 e. The zero-order valence-electron chi connectivity index (χ0n) is 19.5. The average molecular weight is 561 g/mol. The van der Waals surface area contributed by atoms with Gasteiger partial charge in [-0.2, -0.15) is 0 Å². The van der Waals surface area contributed by atoms with E-state index in [9.17, 15) is 18.0 Å². The van der Waals surface area contributed by atoms with Gasteiger partial charge in [0.1, 0.15) is 12.6 Å². The minimum absolute atomic E-state index is 0.0607. The van der Waals surface area contributed by atoms with Crippen LogP contribution >= 0.6 is 34.8 Å². The summed E-state index contributed by atoms with van der Waals surface area (Å²) < 4.78 is 26.1. The average Bonchev–Trinajstić information content (AvgIpc) is 3.30. The molecule has 2 amide bonds. The van der Waals surface area contributed by atoms with Gasteiger partial charge in [0.25, 0.3) is 0 Å². The number of hydrogen-bond donors (Lipinski definition) is 1. The van der Waals surface area contributed by atoms with Gasteiger partial charge in [0.2, 0.25) is 21.8 Å². The van der Waals surface area contributed by atoms with Crippen molar-refractivity contribution in [2.45, 2.75) is 51.2 Å². The summed E-state index contributed by atoms with van der Waals surface area (Å²) >= 11 is 18.6. The fraction of sp³-hybridized carbons (Fsp3) is 0.417. The van der Waals surface area contributed by atoms with Crippen molar-refractivity contribution in [3.63, 3.8) is 0 Å². The molecule has 0 heterocycles. The SMILES string of the molecule is CC(C(=O)NC1CCCC1)N(Cc1c(Cl)cccc1Cl)C(=O)CN(c1ccc(Cl)cc1)S(C)(=O)=O. The number of nitrogens with zero attached hydrogens (tertiary/aromatic N) is 2. The lowest BCUT2D eigenvalue weighted by atomic mass is 10.1. The Balaban J connectivity index is 1.91. The summed E-state index contributed by atoms with van der Waals surface area (Å²) in [6, 6.07) is 10.3. The maximum Gasteiger partial charge on any atom is 0.244 e. The maximum absolute atomic E-state index is 13.6. The largest absolute Gasteiger partial charge is 0.352 e. The predicted molar refractivity (Wildman–Crippen MR) is 141 cm³/mol. The third-order valence-electron chi connectivity index (χ3n) is 6.05. The molecule has 0 aromatic heterocycles. The van der Waals surface area contributed by atoms with Gasteiger partial charge in [-0.15, -0.1) is 0 Å². The van der Waals surface area contributed by atoms with Gasteiger partial charge >= 0.3 is 0 Å². The Hall–Kier alpha value is -2.00. The topological polar surface area (TPSA) is 86.8 Å². The van der Waals surface area contributed by atoms with Crippen LogP contribution in [-0.2, 0) is 26.2 Å². The zero-order valence-corrected chi connectivity index (χ0v) is 22.6. The van der Waals surface area contributed by atoms with Crippen LogP contribution in [0, 0.1) is 0 Å². The van der Waals surface area contributed by atoms with E-state index in [2.05, 4.69) is 5.32 Å². The van der Waals surface area contributed by atoms with E-state index in [0.29, 0.717) is 20.6 Å². The molecule has 0 saturated heterocycles. The quantitative estimate of drug-likeness (QED) is 0.473. The third kappa shape index (κ3) is 7.26. The Labute approximate surface area is 221 Å². The minimum atomic E-state index is -3.82. The van der Waals surface area contributed by atoms with Gasteiger partial charge in [-0.3, -0.25) is 13.9 Å². The molecule has 7 nitrogen and oxygen atoms in total. The number of amides is 2. The first-order valence-electron chi connectivity index (χ1n) is 11.2. The highest BCUT2D eigenvalue weighted by atomic mass is 35.5. The Kier molecular flexibility index (Phi) is 9.32. The Morgan fingerprint density at radius 1 is 1.03 bits per heavy atom. The van der Waals surface area contributed by atoms with Crippen LogP contribution in [0.25, 0.3) is 0 Å². The van der Waals surface area contributed by atoms with Crippen LogP contribution in [0.15, 0.2) is 42.5 Å². The number of carbonyl (C=O) groups excluding carboxylic acids is 2. The van der Waals surface area contributed by atoms with Crippen molar-refractivity contribution in [3.05, 3.63) is 63.1 Å². The summed E-state index contributed by atoms with van der Waals surface area (Å²) in [4.78, 5) is 28.0. The predicted octanol–water partition coefficient (Wildman–Crippen LogP) is 4.89. The van der Waals surface area contributed by atoms with Gasteiger partial charge in [-0.25, -0.2) is 8.42 Å². The van der Waals surface area contributed by atoms with Crippen LogP contribution in [0.5, 0.6) is 0 Å². The van der Waals surface area contributed by atoms with Crippen molar-refractivity contribution in [2.75, 3.05) is 17.1 Å². The van der Waals surface area contributed by atoms with E-state index >= 15 is 0 Å². The first-order chi connectivity index (χ1) is 16.5. The lowest BCUT2D eigenvalue weighted by molar-refractivity contribution is -0.139. The summed E-state index contributed by atoms with van der Waals surface area (Å²) in [7, 11) is -3.82. The summed E-state index contributed by atoms with van der Waals surface area (Å²) in [6.07, 6.45) is 4.88. The Morgan fingerprint density at radius 2 is 1.60 bits per heavy atom. The number of sulfonamides is 1. The fourth-order valence-electron chi connectivity index (χ4n) is 4.05. The van der Waals surface area contributed by atoms with Crippen molar-refractivity contribution in [3.8, 4) is 0 Å². The highest BCUT2D eigenvalue weighted by molar-refractivity contribution is 7.92. The van der Waals surface area contributed by atoms with Crippen molar-refractivity contribution >= 4 is 62.3 Å². The molecule has 1 aliphatic carbocycles. The van der Waals surface area contributed by atoms with Crippen LogP contribution in [0.2, 0.25) is 15.1 Å². The van der Waals surface area contributed by atoms with E-state index in [1.54, 1.807) is 37.3 Å². The smallest absolute Gasteiger partial charge is 0.244 e. The van der Waals surface area contributed by atoms with E-state index in [0.717, 1.165) is 36.2 Å². The van der Waals surface area contributed by atoms with Gasteiger partial charge in [-0.1, -0.05) is 53.7 Å². The second kappa shape index (κ2) is 11.8. The van der Waals surface area contributed by atoms with Gasteiger partial charge in [0, 0.05) is 33.2 Å². The highest BCUT2D eigenvalue weighted by Crippen LogP contribution is 2.28. The Bertz CT molecular complexity index is 1150. The third-order valence-corrected chi connectivity index (χ3v) is 8.15. The van der Waals surface area contributed by atoms with E-state index in [-0.39, 0.29) is 24.2 Å². The van der Waals surface area contributed by atoms with E-state index in [1.165, 1.54) is 17.0 Å². The summed E-state index contributed by atoms with van der Waals surface area (Å²) in [5.74, 6) is -0.888. The molecule has 11 heteroatoms. The highest BCUT2D eigenvalue weighted by Gasteiger charge is 2.32. The van der Waals surface area contributed by atoms with E-state index in [4.69, 9.17) is 34.8 Å². The Morgan fingerprint density at radius 3 is 2.14 bits per heavy atom. The van der Waals surface area contributed by atoms with Crippen LogP contribution in [0.4, 0.5) is 5.69 Å². The number of carbonyl (C=O) groups is 2. The molecule has 0 spiro atoms. The molecule has 190 valence electrons. The van der Waals surface area contributed by atoms with Crippen LogP contribution in [-0.4, -0.2) is 50.0 Å². The molecular weight excluding hydrogens is 533 g/mol. The number of anilines is 1. The molecule has 1 N–H and O–H groups in total. The summed E-state index contributed by atoms with van der Waals surface area (Å²) in [5, 5.41) is 4.12. The van der Waals surface area contributed by atoms with Gasteiger partial charge in [0.15, 0.2) is 0 Å². The molecule has 0 radical (unpaired) electrons. The van der Waals surface area contributed by atoms with Crippen LogP contribution < -0.4 is 9.62 Å². The molecule has 1 fully saturated rings. The molecule has 1 saturated carbocycles. The lowest BCUT2D eigenvalue weighted by Gasteiger charge is -2.32. The summed E-state index contributed by atoms with van der Waals surface area (Å²) in [6.45, 7) is 1.04. The second-order valence-corrected chi connectivity index (χ2v) is 11.8. The van der Waals surface area contributed by atoms with Crippen molar-refractivity contribution in [1.82, 2.24) is 10.2 Å². The van der Waals surface area contributed by atoms with E-state index < -0.39 is 28.5 Å². The fourth-order valence-corrected chi connectivity index (χ4v) is 5.54. The second-order valence-electron chi connectivity index (χ2n) is 8.63. The van der Waals surface area contributed by atoms with Crippen molar-refractivity contribution < 1.29 is 18.0 Å². The molecule has 2 aromatic carbocycles. The summed E-state index contributed by atoms with van der Waals surface area (Å²) in [5.41, 5.74) is 0.756. The van der Waals surface area contributed by atoms with Crippen LogP contribution in [0.3, 0.4) is 0 Å². The normalized spacial score (nSPS) is 15.0. The van der Waals surface area contributed by atoms with Gasteiger partial charge in [-0.05, 0) is 56.2 Å². The first-order valence-corrected chi connectivity index (χ1v) is 14.2. The number of hydrogen-bond acceptors (Lipinski definition) is 4. The molecule has 1 aliphatic rings. The number of rotatable bonds is 9. The lowest BCUT2D eigenvalue weighted by Crippen LogP contribution is -2.52. The zero-order chi connectivity index (χ0) is 25.8. The van der Waals surface area contributed by atoms with Crippen molar-refractivity contribution in [1.29, 1.82) is 0 Å². The van der Waals surface area contributed by atoms with Gasteiger partial charge in [0.05, 0.1) is 11.9 Å². The molecule has 1 unspecified atom stereocenters. The number of halogens is 3.